The number of hydrogen-bond donors (Lipinski definition) is 1. The summed E-state index contributed by atoms with van der Waals surface area (Å²) in [5, 5.41) is 2.79. The van der Waals surface area contributed by atoms with Gasteiger partial charge in [-0.3, -0.25) is 4.79 Å². The van der Waals surface area contributed by atoms with Crippen LogP contribution in [0.4, 0.5) is 5.69 Å². The molecule has 0 atom stereocenters. The highest BCUT2D eigenvalue weighted by molar-refractivity contribution is 6.04. The first-order chi connectivity index (χ1) is 11.6. The monoisotopic (exact) mass is 327 g/mol. The van der Waals surface area contributed by atoms with Crippen LogP contribution in [0.15, 0.2) is 48.5 Å². The minimum Gasteiger partial charge on any atom is -0.494 e. The molecule has 2 rings (SSSR count). The van der Waals surface area contributed by atoms with E-state index in [4.69, 9.17) is 9.47 Å². The molecule has 0 saturated carbocycles. The van der Waals surface area contributed by atoms with E-state index in [9.17, 15) is 9.59 Å². The van der Waals surface area contributed by atoms with Gasteiger partial charge in [-0.05, 0) is 55.8 Å². The summed E-state index contributed by atoms with van der Waals surface area (Å²) in [6, 6.07) is 13.6. The molecule has 0 fully saturated rings. The fourth-order valence-corrected chi connectivity index (χ4v) is 2.05. The highest BCUT2D eigenvalue weighted by atomic mass is 16.5. The third-order valence-electron chi connectivity index (χ3n) is 3.22. The fraction of sp³-hybridized carbons (Fsp3) is 0.263. The maximum Gasteiger partial charge on any atom is 0.338 e. The number of carbonyl (C=O) groups excluding carboxylic acids is 2. The number of esters is 1. The average Bonchev–Trinajstić information content (AvgIpc) is 2.61. The summed E-state index contributed by atoms with van der Waals surface area (Å²) in [6.45, 7) is 4.72. The summed E-state index contributed by atoms with van der Waals surface area (Å²) in [7, 11) is 0. The van der Waals surface area contributed by atoms with Crippen LogP contribution in [0, 0.1) is 0 Å². The topological polar surface area (TPSA) is 64.6 Å². The van der Waals surface area contributed by atoms with Gasteiger partial charge in [0.1, 0.15) is 5.75 Å². The lowest BCUT2D eigenvalue weighted by molar-refractivity contribution is 0.0526. The van der Waals surface area contributed by atoms with Crippen molar-refractivity contribution in [1.82, 2.24) is 0 Å². The van der Waals surface area contributed by atoms with E-state index >= 15 is 0 Å². The van der Waals surface area contributed by atoms with Gasteiger partial charge in [0.15, 0.2) is 0 Å². The molecule has 5 heteroatoms. The molecule has 0 radical (unpaired) electrons. The van der Waals surface area contributed by atoms with Gasteiger partial charge in [-0.25, -0.2) is 4.79 Å². The number of anilines is 1. The molecule has 0 aliphatic carbocycles. The maximum absolute atomic E-state index is 12.3. The summed E-state index contributed by atoms with van der Waals surface area (Å²) in [5.74, 6) is 0.0548. The van der Waals surface area contributed by atoms with E-state index in [1.165, 1.54) is 0 Å². The average molecular weight is 327 g/mol. The molecule has 0 aliphatic rings. The summed E-state index contributed by atoms with van der Waals surface area (Å²) in [6.07, 6.45) is 0.906. The van der Waals surface area contributed by atoms with Crippen molar-refractivity contribution in [2.75, 3.05) is 18.5 Å². The van der Waals surface area contributed by atoms with Crippen molar-refractivity contribution >= 4 is 17.6 Å². The number of rotatable bonds is 7. The summed E-state index contributed by atoms with van der Waals surface area (Å²) in [5.41, 5.74) is 1.57. The number of carbonyl (C=O) groups is 2. The SMILES string of the molecule is CCCOc1cccc(C(=O)Nc2ccc(C(=O)OCC)cc2)c1. The van der Waals surface area contributed by atoms with Crippen LogP contribution < -0.4 is 10.1 Å². The third-order valence-corrected chi connectivity index (χ3v) is 3.22. The van der Waals surface area contributed by atoms with Crippen LogP contribution in [-0.2, 0) is 4.74 Å². The minimum absolute atomic E-state index is 0.235. The lowest BCUT2D eigenvalue weighted by atomic mass is 10.1. The third kappa shape index (κ3) is 4.84. The molecule has 1 N–H and O–H groups in total. The van der Waals surface area contributed by atoms with E-state index in [2.05, 4.69) is 5.32 Å². The minimum atomic E-state index is -0.379. The Bertz CT molecular complexity index is 695. The zero-order valence-electron chi connectivity index (χ0n) is 13.9. The molecule has 0 heterocycles. The van der Waals surface area contributed by atoms with Crippen LogP contribution in [-0.4, -0.2) is 25.1 Å². The van der Waals surface area contributed by atoms with Crippen molar-refractivity contribution in [1.29, 1.82) is 0 Å². The predicted octanol–water partition coefficient (Wildman–Crippen LogP) is 3.90. The number of amides is 1. The highest BCUT2D eigenvalue weighted by Gasteiger charge is 2.09. The first-order valence-corrected chi connectivity index (χ1v) is 7.95. The van der Waals surface area contributed by atoms with Crippen LogP contribution in [0.5, 0.6) is 5.75 Å². The van der Waals surface area contributed by atoms with E-state index in [1.54, 1.807) is 49.4 Å². The second-order valence-corrected chi connectivity index (χ2v) is 5.13. The Kier molecular flexibility index (Phi) is 6.37. The first-order valence-electron chi connectivity index (χ1n) is 7.95. The van der Waals surface area contributed by atoms with E-state index in [0.717, 1.165) is 6.42 Å². The standard InChI is InChI=1S/C19H21NO4/c1-3-12-24-17-7-5-6-15(13-17)18(21)20-16-10-8-14(9-11-16)19(22)23-4-2/h5-11,13H,3-4,12H2,1-2H3,(H,20,21). The summed E-state index contributed by atoms with van der Waals surface area (Å²) < 4.78 is 10.5. The van der Waals surface area contributed by atoms with Gasteiger partial charge in [-0.1, -0.05) is 13.0 Å². The second kappa shape index (κ2) is 8.72. The van der Waals surface area contributed by atoms with Crippen molar-refractivity contribution in [3.05, 3.63) is 59.7 Å². The Morgan fingerprint density at radius 1 is 1.00 bits per heavy atom. The molecule has 0 unspecified atom stereocenters. The van der Waals surface area contributed by atoms with Gasteiger partial charge in [0.05, 0.1) is 18.8 Å². The molecule has 126 valence electrons. The van der Waals surface area contributed by atoms with Crippen molar-refractivity contribution in [3.63, 3.8) is 0 Å². The van der Waals surface area contributed by atoms with Gasteiger partial charge in [0, 0.05) is 11.3 Å². The van der Waals surface area contributed by atoms with Crippen molar-refractivity contribution in [2.24, 2.45) is 0 Å². The van der Waals surface area contributed by atoms with E-state index in [0.29, 0.717) is 35.8 Å². The smallest absolute Gasteiger partial charge is 0.338 e. The number of hydrogen-bond acceptors (Lipinski definition) is 4. The number of benzene rings is 2. The van der Waals surface area contributed by atoms with Crippen LogP contribution in [0.1, 0.15) is 41.0 Å². The number of nitrogens with one attached hydrogen (secondary N) is 1. The molecule has 0 spiro atoms. The molecule has 1 amide bonds. The van der Waals surface area contributed by atoms with E-state index in [-0.39, 0.29) is 11.9 Å². The van der Waals surface area contributed by atoms with Crippen LogP contribution in [0.3, 0.4) is 0 Å². The van der Waals surface area contributed by atoms with Gasteiger partial charge in [-0.2, -0.15) is 0 Å². The molecular weight excluding hydrogens is 306 g/mol. The van der Waals surface area contributed by atoms with Crippen molar-refractivity contribution < 1.29 is 19.1 Å². The molecule has 0 bridgehead atoms. The zero-order valence-corrected chi connectivity index (χ0v) is 13.9. The molecule has 2 aromatic carbocycles. The molecule has 24 heavy (non-hydrogen) atoms. The largest absolute Gasteiger partial charge is 0.494 e. The molecule has 2 aromatic rings. The van der Waals surface area contributed by atoms with Gasteiger partial charge < -0.3 is 14.8 Å². The molecule has 0 aliphatic heterocycles. The summed E-state index contributed by atoms with van der Waals surface area (Å²) in [4.78, 5) is 23.9. The molecule has 5 nitrogen and oxygen atoms in total. The Morgan fingerprint density at radius 2 is 1.75 bits per heavy atom. The maximum atomic E-state index is 12.3. The first kappa shape index (κ1) is 17.5. The van der Waals surface area contributed by atoms with E-state index < -0.39 is 0 Å². The normalized spacial score (nSPS) is 10.1. The lowest BCUT2D eigenvalue weighted by Crippen LogP contribution is -2.12. The Morgan fingerprint density at radius 3 is 2.42 bits per heavy atom. The Balaban J connectivity index is 2.02. The van der Waals surface area contributed by atoms with Gasteiger partial charge in [0.2, 0.25) is 0 Å². The molecular formula is C19H21NO4. The van der Waals surface area contributed by atoms with Gasteiger partial charge in [0.25, 0.3) is 5.91 Å². The zero-order chi connectivity index (χ0) is 17.4. The fourth-order valence-electron chi connectivity index (χ4n) is 2.05. The molecule has 0 aromatic heterocycles. The van der Waals surface area contributed by atoms with Crippen LogP contribution >= 0.6 is 0 Å². The quantitative estimate of drug-likeness (QED) is 0.783. The Hall–Kier alpha value is -2.82. The summed E-state index contributed by atoms with van der Waals surface area (Å²) >= 11 is 0. The van der Waals surface area contributed by atoms with Crippen molar-refractivity contribution in [2.45, 2.75) is 20.3 Å². The predicted molar refractivity (Wildman–Crippen MR) is 92.6 cm³/mol. The van der Waals surface area contributed by atoms with Crippen molar-refractivity contribution in [3.8, 4) is 5.75 Å². The lowest BCUT2D eigenvalue weighted by Gasteiger charge is -2.09. The van der Waals surface area contributed by atoms with Gasteiger partial charge >= 0.3 is 5.97 Å². The number of ether oxygens (including phenoxy) is 2. The molecule has 0 saturated heterocycles. The Labute approximate surface area is 141 Å². The van der Waals surface area contributed by atoms with E-state index in [1.807, 2.05) is 13.0 Å². The second-order valence-electron chi connectivity index (χ2n) is 5.13. The van der Waals surface area contributed by atoms with Crippen LogP contribution in [0.25, 0.3) is 0 Å². The van der Waals surface area contributed by atoms with Crippen LogP contribution in [0.2, 0.25) is 0 Å². The highest BCUT2D eigenvalue weighted by Crippen LogP contribution is 2.16. The van der Waals surface area contributed by atoms with Gasteiger partial charge in [-0.15, -0.1) is 0 Å².